The lowest BCUT2D eigenvalue weighted by Gasteiger charge is -2.10. The number of benzene rings is 5. The standard InChI is InChI=1S/C49H31N7/c50-30-33-16-26-43(51-31-33)45-28-42(34-10-4-1-5-11-34)29-46(53-45)44-27-25-41(32-52-44)37-19-17-35(18-20-37)36-21-23-40(24-22-36)49-55-47(38-12-6-2-7-13-38)54-48(56-49)39-14-8-3-9-15-39/h1-29,31-32H. The van der Waals surface area contributed by atoms with Gasteiger partial charge in [0.1, 0.15) is 6.07 Å². The molecule has 0 amide bonds. The Morgan fingerprint density at radius 2 is 0.679 bits per heavy atom. The Morgan fingerprint density at radius 1 is 0.304 bits per heavy atom. The van der Waals surface area contributed by atoms with Crippen molar-refractivity contribution >= 4 is 0 Å². The van der Waals surface area contributed by atoms with Crippen LogP contribution in [0, 0.1) is 11.3 Å². The summed E-state index contributed by atoms with van der Waals surface area (Å²) in [5.74, 6) is 1.90. The van der Waals surface area contributed by atoms with E-state index in [1.165, 1.54) is 0 Å². The monoisotopic (exact) mass is 717 g/mol. The van der Waals surface area contributed by atoms with Crippen molar-refractivity contribution in [3.8, 4) is 96.4 Å². The summed E-state index contributed by atoms with van der Waals surface area (Å²) in [5, 5.41) is 9.25. The summed E-state index contributed by atoms with van der Waals surface area (Å²) < 4.78 is 0. The maximum Gasteiger partial charge on any atom is 0.164 e. The summed E-state index contributed by atoms with van der Waals surface area (Å²) >= 11 is 0. The Hall–Kier alpha value is -7.95. The Kier molecular flexibility index (Phi) is 9.18. The van der Waals surface area contributed by atoms with E-state index < -0.39 is 0 Å². The average Bonchev–Trinajstić information content (AvgIpc) is 3.30. The fraction of sp³-hybridized carbons (Fsp3) is 0. The maximum atomic E-state index is 9.25. The first-order chi connectivity index (χ1) is 27.7. The SMILES string of the molecule is N#Cc1ccc(-c2cc(-c3ccccc3)cc(-c3ccc(-c4ccc(-c5ccc(-c6nc(-c7ccccc7)nc(-c7ccccc7)n6)cc5)cc4)cn3)n2)nc1. The molecule has 9 rings (SSSR count). The average molecular weight is 718 g/mol. The first-order valence-corrected chi connectivity index (χ1v) is 18.2. The Morgan fingerprint density at radius 3 is 1.11 bits per heavy atom. The summed E-state index contributed by atoms with van der Waals surface area (Å²) in [7, 11) is 0. The largest absolute Gasteiger partial charge is 0.254 e. The van der Waals surface area contributed by atoms with Crippen LogP contribution in [-0.4, -0.2) is 29.9 Å². The minimum atomic E-state index is 0.503. The number of aromatic nitrogens is 6. The molecule has 7 heteroatoms. The van der Waals surface area contributed by atoms with Gasteiger partial charge in [-0.1, -0.05) is 146 Å². The molecule has 0 saturated heterocycles. The highest BCUT2D eigenvalue weighted by molar-refractivity contribution is 5.77. The zero-order chi connectivity index (χ0) is 37.7. The molecule has 9 aromatic rings. The molecule has 0 bridgehead atoms. The molecule has 0 N–H and O–H groups in total. The summed E-state index contributed by atoms with van der Waals surface area (Å²) in [4.78, 5) is 28.9. The van der Waals surface area contributed by atoms with Gasteiger partial charge in [-0.25, -0.2) is 19.9 Å². The molecule has 262 valence electrons. The van der Waals surface area contributed by atoms with Crippen LogP contribution in [0.4, 0.5) is 0 Å². The molecule has 0 aliphatic rings. The van der Waals surface area contributed by atoms with Crippen molar-refractivity contribution in [3.05, 3.63) is 194 Å². The van der Waals surface area contributed by atoms with Gasteiger partial charge in [-0.15, -0.1) is 0 Å². The molecule has 4 heterocycles. The highest BCUT2D eigenvalue weighted by Crippen LogP contribution is 2.32. The molecule has 5 aromatic carbocycles. The van der Waals surface area contributed by atoms with E-state index in [1.807, 2.05) is 103 Å². The number of pyridine rings is 3. The molecule has 4 aromatic heterocycles. The van der Waals surface area contributed by atoms with Crippen molar-refractivity contribution in [1.29, 1.82) is 5.26 Å². The summed E-state index contributed by atoms with van der Waals surface area (Å²) in [5.41, 5.74) is 12.5. The Bertz CT molecular complexity index is 2740. The lowest BCUT2D eigenvalue weighted by Crippen LogP contribution is -2.00. The summed E-state index contributed by atoms with van der Waals surface area (Å²) in [6.45, 7) is 0. The van der Waals surface area contributed by atoms with Crippen molar-refractivity contribution in [2.75, 3.05) is 0 Å². The number of nitrogens with zero attached hydrogens (tertiary/aromatic N) is 7. The van der Waals surface area contributed by atoms with Gasteiger partial charge in [-0.05, 0) is 58.1 Å². The molecule has 0 radical (unpaired) electrons. The highest BCUT2D eigenvalue weighted by atomic mass is 15.0. The van der Waals surface area contributed by atoms with Crippen molar-refractivity contribution in [3.63, 3.8) is 0 Å². The van der Waals surface area contributed by atoms with E-state index >= 15 is 0 Å². The van der Waals surface area contributed by atoms with Gasteiger partial charge in [0.25, 0.3) is 0 Å². The zero-order valence-electron chi connectivity index (χ0n) is 30.0. The van der Waals surface area contributed by atoms with Gasteiger partial charge < -0.3 is 0 Å². The first kappa shape index (κ1) is 33.9. The van der Waals surface area contributed by atoms with Gasteiger partial charge in [-0.2, -0.15) is 5.26 Å². The van der Waals surface area contributed by atoms with Crippen LogP contribution in [0.25, 0.3) is 90.3 Å². The van der Waals surface area contributed by atoms with Crippen LogP contribution in [0.5, 0.6) is 0 Å². The highest BCUT2D eigenvalue weighted by Gasteiger charge is 2.14. The van der Waals surface area contributed by atoms with E-state index in [0.717, 1.165) is 61.5 Å². The third-order valence-corrected chi connectivity index (χ3v) is 9.51. The third-order valence-electron chi connectivity index (χ3n) is 9.51. The van der Waals surface area contributed by atoms with E-state index in [4.69, 9.17) is 24.9 Å². The molecular formula is C49H31N7. The molecular weight excluding hydrogens is 687 g/mol. The lowest BCUT2D eigenvalue weighted by molar-refractivity contribution is 1.07. The lowest BCUT2D eigenvalue weighted by atomic mass is 9.99. The molecule has 0 saturated carbocycles. The fourth-order valence-electron chi connectivity index (χ4n) is 6.52. The molecule has 0 fully saturated rings. The van der Waals surface area contributed by atoms with Crippen LogP contribution >= 0.6 is 0 Å². The normalized spacial score (nSPS) is 10.8. The van der Waals surface area contributed by atoms with Crippen molar-refractivity contribution in [1.82, 2.24) is 29.9 Å². The van der Waals surface area contributed by atoms with Crippen molar-refractivity contribution < 1.29 is 0 Å². The van der Waals surface area contributed by atoms with Gasteiger partial charge >= 0.3 is 0 Å². The summed E-state index contributed by atoms with van der Waals surface area (Å²) in [6, 6.07) is 60.9. The number of rotatable bonds is 8. The first-order valence-electron chi connectivity index (χ1n) is 18.2. The zero-order valence-corrected chi connectivity index (χ0v) is 30.0. The minimum Gasteiger partial charge on any atom is -0.254 e. The van der Waals surface area contributed by atoms with Crippen LogP contribution in [0.3, 0.4) is 0 Å². The van der Waals surface area contributed by atoms with Crippen LogP contribution < -0.4 is 0 Å². The van der Waals surface area contributed by atoms with Crippen molar-refractivity contribution in [2.45, 2.75) is 0 Å². The minimum absolute atomic E-state index is 0.503. The van der Waals surface area contributed by atoms with E-state index in [2.05, 4.69) is 83.8 Å². The van der Waals surface area contributed by atoms with E-state index in [0.29, 0.717) is 34.4 Å². The quantitative estimate of drug-likeness (QED) is 0.154. The predicted octanol–water partition coefficient (Wildman–Crippen LogP) is 11.3. The molecule has 0 aliphatic carbocycles. The molecule has 0 aliphatic heterocycles. The fourth-order valence-corrected chi connectivity index (χ4v) is 6.52. The smallest absolute Gasteiger partial charge is 0.164 e. The Labute approximate surface area is 324 Å². The van der Waals surface area contributed by atoms with Gasteiger partial charge in [0.05, 0.1) is 28.3 Å². The molecule has 0 spiro atoms. The maximum absolute atomic E-state index is 9.25. The van der Waals surface area contributed by atoms with Crippen LogP contribution in [-0.2, 0) is 0 Å². The van der Waals surface area contributed by atoms with Gasteiger partial charge in [0.15, 0.2) is 17.5 Å². The van der Waals surface area contributed by atoms with Crippen molar-refractivity contribution in [2.24, 2.45) is 0 Å². The third kappa shape index (κ3) is 7.19. The number of hydrogen-bond donors (Lipinski definition) is 0. The van der Waals surface area contributed by atoms with E-state index in [-0.39, 0.29) is 0 Å². The topological polar surface area (TPSA) is 101 Å². The molecule has 0 unspecified atom stereocenters. The number of nitriles is 1. The van der Waals surface area contributed by atoms with Crippen LogP contribution in [0.1, 0.15) is 5.56 Å². The molecule has 0 atom stereocenters. The van der Waals surface area contributed by atoms with Crippen LogP contribution in [0.15, 0.2) is 188 Å². The van der Waals surface area contributed by atoms with E-state index in [1.54, 1.807) is 12.3 Å². The second kappa shape index (κ2) is 15.2. The van der Waals surface area contributed by atoms with Crippen LogP contribution in [0.2, 0.25) is 0 Å². The molecule has 56 heavy (non-hydrogen) atoms. The number of hydrogen-bond acceptors (Lipinski definition) is 7. The van der Waals surface area contributed by atoms with Gasteiger partial charge in [0.2, 0.25) is 0 Å². The van der Waals surface area contributed by atoms with Gasteiger partial charge in [-0.3, -0.25) is 9.97 Å². The Balaban J connectivity index is 0.968. The second-order valence-electron chi connectivity index (χ2n) is 13.2. The second-order valence-corrected chi connectivity index (χ2v) is 13.2. The summed E-state index contributed by atoms with van der Waals surface area (Å²) in [6.07, 6.45) is 3.46. The van der Waals surface area contributed by atoms with E-state index in [9.17, 15) is 5.26 Å². The van der Waals surface area contributed by atoms with Gasteiger partial charge in [0, 0.05) is 34.6 Å². The predicted molar refractivity (Wildman–Crippen MR) is 221 cm³/mol. The molecule has 7 nitrogen and oxygen atoms in total.